The van der Waals surface area contributed by atoms with E-state index in [1.54, 1.807) is 20.8 Å². The van der Waals surface area contributed by atoms with Crippen LogP contribution in [0.5, 0.6) is 0 Å². The number of rotatable bonds is 1. The summed E-state index contributed by atoms with van der Waals surface area (Å²) in [6, 6.07) is -1.22. The fourth-order valence-corrected chi connectivity index (χ4v) is 1.71. The Hall–Kier alpha value is -1.99. The Kier molecular flexibility index (Phi) is 4.23. The molecule has 1 rings (SSSR count). The third-order valence-electron chi connectivity index (χ3n) is 2.56. The first kappa shape index (κ1) is 15.1. The summed E-state index contributed by atoms with van der Waals surface area (Å²) >= 11 is 0. The molecule has 0 radical (unpaired) electrons. The number of carbonyl (C=O) groups excluding carboxylic acids is 1. The number of carboxylic acids is 1. The molecule has 1 fully saturated rings. The van der Waals surface area contributed by atoms with E-state index in [4.69, 9.17) is 14.9 Å². The maximum absolute atomic E-state index is 11.9. The Labute approximate surface area is 110 Å². The molecule has 1 atom stereocenters. The van der Waals surface area contributed by atoms with E-state index in [2.05, 4.69) is 0 Å². The quantitative estimate of drug-likeness (QED) is 0.727. The van der Waals surface area contributed by atoms with E-state index in [9.17, 15) is 14.4 Å². The average molecular weight is 274 g/mol. The number of carboxylic acid groups (broad SMARTS) is 2. The lowest BCUT2D eigenvalue weighted by Crippen LogP contribution is -2.59. The summed E-state index contributed by atoms with van der Waals surface area (Å²) in [5, 5.41) is 17.9. The van der Waals surface area contributed by atoms with Gasteiger partial charge in [0.05, 0.1) is 6.54 Å². The number of ether oxygens (including phenoxy) is 1. The zero-order valence-corrected chi connectivity index (χ0v) is 11.1. The normalized spacial score (nSPS) is 20.1. The van der Waals surface area contributed by atoms with Gasteiger partial charge in [0.1, 0.15) is 5.60 Å². The smallest absolute Gasteiger partial charge is 0.411 e. The molecule has 0 spiro atoms. The van der Waals surface area contributed by atoms with Gasteiger partial charge in [-0.2, -0.15) is 0 Å². The van der Waals surface area contributed by atoms with Gasteiger partial charge < -0.3 is 19.8 Å². The van der Waals surface area contributed by atoms with Crippen molar-refractivity contribution in [1.82, 2.24) is 9.80 Å². The molecule has 8 heteroatoms. The van der Waals surface area contributed by atoms with E-state index < -0.39 is 29.8 Å². The van der Waals surface area contributed by atoms with Gasteiger partial charge in [-0.05, 0) is 20.8 Å². The first-order valence-corrected chi connectivity index (χ1v) is 5.82. The molecule has 0 aromatic rings. The molecule has 0 aromatic heterocycles. The molecular formula is C11H18N2O6. The summed E-state index contributed by atoms with van der Waals surface area (Å²) in [5.41, 5.74) is -0.732. The van der Waals surface area contributed by atoms with Crippen LogP contribution in [-0.2, 0) is 9.53 Å². The standard InChI is InChI=1S/C11H18N2O6/c1-11(2,3)19-10(18)13-5-4-12(9(16)17)6-7(13)8(14)15/h7H,4-6H2,1-3H3,(H,14,15)(H,16,17). The summed E-state index contributed by atoms with van der Waals surface area (Å²) in [6.45, 7) is 4.83. The van der Waals surface area contributed by atoms with Crippen molar-refractivity contribution in [2.24, 2.45) is 0 Å². The molecule has 8 nitrogen and oxygen atoms in total. The number of hydrogen-bond acceptors (Lipinski definition) is 4. The largest absolute Gasteiger partial charge is 0.480 e. The fraction of sp³-hybridized carbons (Fsp3) is 0.727. The molecule has 2 amide bonds. The van der Waals surface area contributed by atoms with Crippen molar-refractivity contribution in [1.29, 1.82) is 0 Å². The van der Waals surface area contributed by atoms with Gasteiger partial charge in [0.2, 0.25) is 0 Å². The first-order valence-electron chi connectivity index (χ1n) is 5.82. The van der Waals surface area contributed by atoms with Crippen LogP contribution in [0, 0.1) is 0 Å². The Bertz CT molecular complexity index is 389. The highest BCUT2D eigenvalue weighted by Crippen LogP contribution is 2.16. The predicted octanol–water partition coefficient (Wildman–Crippen LogP) is 0.670. The highest BCUT2D eigenvalue weighted by molar-refractivity contribution is 5.81. The van der Waals surface area contributed by atoms with Crippen molar-refractivity contribution in [3.63, 3.8) is 0 Å². The van der Waals surface area contributed by atoms with Crippen molar-refractivity contribution in [3.8, 4) is 0 Å². The lowest BCUT2D eigenvalue weighted by Gasteiger charge is -2.38. The Balaban J connectivity index is 2.80. The number of aliphatic carboxylic acids is 1. The zero-order chi connectivity index (χ0) is 14.8. The number of piperazine rings is 1. The molecule has 1 aliphatic rings. The SMILES string of the molecule is CC(C)(C)OC(=O)N1CCN(C(=O)O)CC1C(=O)O. The van der Waals surface area contributed by atoms with Crippen LogP contribution in [0.4, 0.5) is 9.59 Å². The highest BCUT2D eigenvalue weighted by atomic mass is 16.6. The molecule has 1 aliphatic heterocycles. The van der Waals surface area contributed by atoms with E-state index in [-0.39, 0.29) is 19.6 Å². The van der Waals surface area contributed by atoms with E-state index >= 15 is 0 Å². The minimum atomic E-state index is -1.25. The van der Waals surface area contributed by atoms with Crippen LogP contribution in [0.1, 0.15) is 20.8 Å². The van der Waals surface area contributed by atoms with Gasteiger partial charge in [-0.25, -0.2) is 14.4 Å². The van der Waals surface area contributed by atoms with Gasteiger partial charge in [0.25, 0.3) is 0 Å². The topological polar surface area (TPSA) is 107 Å². The van der Waals surface area contributed by atoms with E-state index in [1.165, 1.54) is 0 Å². The van der Waals surface area contributed by atoms with Crippen LogP contribution in [0.25, 0.3) is 0 Å². The molecular weight excluding hydrogens is 256 g/mol. The second kappa shape index (κ2) is 5.33. The summed E-state index contributed by atoms with van der Waals surface area (Å²) in [4.78, 5) is 35.9. The van der Waals surface area contributed by atoms with Crippen LogP contribution >= 0.6 is 0 Å². The minimum Gasteiger partial charge on any atom is -0.480 e. The number of hydrogen-bond donors (Lipinski definition) is 2. The molecule has 1 heterocycles. The predicted molar refractivity (Wildman–Crippen MR) is 64.0 cm³/mol. The molecule has 1 saturated heterocycles. The number of nitrogens with zero attached hydrogens (tertiary/aromatic N) is 2. The molecule has 0 bridgehead atoms. The highest BCUT2D eigenvalue weighted by Gasteiger charge is 2.38. The Morgan fingerprint density at radius 3 is 2.16 bits per heavy atom. The maximum atomic E-state index is 11.9. The van der Waals surface area contributed by atoms with Crippen molar-refractivity contribution in [3.05, 3.63) is 0 Å². The van der Waals surface area contributed by atoms with Gasteiger partial charge in [0, 0.05) is 13.1 Å². The molecule has 2 N–H and O–H groups in total. The van der Waals surface area contributed by atoms with Crippen molar-refractivity contribution in [2.45, 2.75) is 32.4 Å². The van der Waals surface area contributed by atoms with Crippen LogP contribution in [0.15, 0.2) is 0 Å². The van der Waals surface area contributed by atoms with Crippen LogP contribution < -0.4 is 0 Å². The number of carbonyl (C=O) groups is 3. The Morgan fingerprint density at radius 1 is 1.16 bits per heavy atom. The average Bonchev–Trinajstić information content (AvgIpc) is 2.25. The first-order chi connectivity index (χ1) is 8.61. The summed E-state index contributed by atoms with van der Waals surface area (Å²) < 4.78 is 5.11. The molecule has 108 valence electrons. The van der Waals surface area contributed by atoms with Gasteiger partial charge in [-0.15, -0.1) is 0 Å². The third kappa shape index (κ3) is 4.01. The lowest BCUT2D eigenvalue weighted by molar-refractivity contribution is -0.145. The molecule has 0 saturated carbocycles. The molecule has 19 heavy (non-hydrogen) atoms. The van der Waals surface area contributed by atoms with Crippen LogP contribution in [0.2, 0.25) is 0 Å². The summed E-state index contributed by atoms with van der Waals surface area (Å²) in [6.07, 6.45) is -1.94. The monoisotopic (exact) mass is 274 g/mol. The van der Waals surface area contributed by atoms with Crippen LogP contribution in [0.3, 0.4) is 0 Å². The zero-order valence-electron chi connectivity index (χ0n) is 11.1. The van der Waals surface area contributed by atoms with Crippen molar-refractivity contribution >= 4 is 18.2 Å². The van der Waals surface area contributed by atoms with Gasteiger partial charge in [0.15, 0.2) is 6.04 Å². The molecule has 1 unspecified atom stereocenters. The van der Waals surface area contributed by atoms with Gasteiger partial charge in [-0.1, -0.05) is 0 Å². The van der Waals surface area contributed by atoms with Crippen molar-refractivity contribution < 1.29 is 29.3 Å². The fourth-order valence-electron chi connectivity index (χ4n) is 1.71. The third-order valence-corrected chi connectivity index (χ3v) is 2.56. The van der Waals surface area contributed by atoms with E-state index in [0.717, 1.165) is 9.80 Å². The van der Waals surface area contributed by atoms with Crippen LogP contribution in [-0.4, -0.2) is 69.4 Å². The second-order valence-electron chi connectivity index (χ2n) is 5.26. The molecule has 0 aromatic carbocycles. The lowest BCUT2D eigenvalue weighted by atomic mass is 10.1. The number of amides is 2. The van der Waals surface area contributed by atoms with Gasteiger partial charge >= 0.3 is 18.2 Å². The second-order valence-corrected chi connectivity index (χ2v) is 5.26. The molecule has 0 aliphatic carbocycles. The van der Waals surface area contributed by atoms with E-state index in [1.807, 2.05) is 0 Å². The summed E-state index contributed by atoms with van der Waals surface area (Å²) in [5.74, 6) is -1.25. The summed E-state index contributed by atoms with van der Waals surface area (Å²) in [7, 11) is 0. The minimum absolute atomic E-state index is 0.00181. The van der Waals surface area contributed by atoms with E-state index in [0.29, 0.717) is 0 Å². The Morgan fingerprint density at radius 2 is 1.74 bits per heavy atom. The maximum Gasteiger partial charge on any atom is 0.411 e. The van der Waals surface area contributed by atoms with Gasteiger partial charge in [-0.3, -0.25) is 4.90 Å². The van der Waals surface area contributed by atoms with Crippen molar-refractivity contribution in [2.75, 3.05) is 19.6 Å².